The first-order valence-corrected chi connectivity index (χ1v) is 6.54. The molecule has 0 aliphatic carbocycles. The molecular weight excluding hydrogens is 252 g/mol. The van der Waals surface area contributed by atoms with Crippen LogP contribution in [0.2, 0.25) is 0 Å². The van der Waals surface area contributed by atoms with Crippen LogP contribution in [0.1, 0.15) is 17.6 Å². The summed E-state index contributed by atoms with van der Waals surface area (Å²) in [5.74, 6) is 6.60. The number of nitrogens with two attached hydrogens (primary N) is 1. The number of nitrogens with zero attached hydrogens (tertiary/aromatic N) is 4. The average molecular weight is 270 g/mol. The number of hydrogen-bond donors (Lipinski definition) is 2. The zero-order valence-corrected chi connectivity index (χ0v) is 11.6. The van der Waals surface area contributed by atoms with Gasteiger partial charge in [0, 0.05) is 38.3 Å². The number of imidazole rings is 1. The van der Waals surface area contributed by atoms with E-state index in [1.54, 1.807) is 6.20 Å². The highest BCUT2D eigenvalue weighted by atomic mass is 15.3. The van der Waals surface area contributed by atoms with Crippen molar-refractivity contribution in [1.29, 1.82) is 0 Å². The molecule has 20 heavy (non-hydrogen) atoms. The molecule has 0 saturated carbocycles. The fourth-order valence-electron chi connectivity index (χ4n) is 2.57. The molecule has 0 aliphatic rings. The Morgan fingerprint density at radius 2 is 2.10 bits per heavy atom. The number of aromatic nitrogens is 4. The Labute approximate surface area is 117 Å². The van der Waals surface area contributed by atoms with Crippen molar-refractivity contribution < 1.29 is 0 Å². The van der Waals surface area contributed by atoms with Crippen LogP contribution in [-0.4, -0.2) is 19.3 Å². The lowest BCUT2D eigenvalue weighted by Crippen LogP contribution is -2.31. The second-order valence-corrected chi connectivity index (χ2v) is 4.91. The van der Waals surface area contributed by atoms with Crippen LogP contribution < -0.4 is 11.3 Å². The Balaban J connectivity index is 1.98. The van der Waals surface area contributed by atoms with E-state index in [2.05, 4.69) is 27.6 Å². The van der Waals surface area contributed by atoms with E-state index in [1.807, 2.05) is 41.7 Å². The molecule has 2 aromatic heterocycles. The van der Waals surface area contributed by atoms with E-state index in [1.165, 1.54) is 0 Å². The fraction of sp³-hybridized carbons (Fsp3) is 0.286. The molecule has 1 atom stereocenters. The van der Waals surface area contributed by atoms with E-state index in [0.29, 0.717) is 6.42 Å². The highest BCUT2D eigenvalue weighted by Gasteiger charge is 2.18. The zero-order chi connectivity index (χ0) is 14.1. The average Bonchev–Trinajstić information content (AvgIpc) is 3.01. The second-order valence-electron chi connectivity index (χ2n) is 4.91. The van der Waals surface area contributed by atoms with E-state index in [-0.39, 0.29) is 6.04 Å². The molecule has 3 rings (SSSR count). The summed E-state index contributed by atoms with van der Waals surface area (Å²) in [4.78, 5) is 4.36. The maximum atomic E-state index is 5.69. The SMILES string of the molecule is Cn1ccnc1C(Cc1nn(C)c2ccccc12)NN. The predicted molar refractivity (Wildman–Crippen MR) is 77.7 cm³/mol. The van der Waals surface area contributed by atoms with Crippen molar-refractivity contribution in [1.82, 2.24) is 24.8 Å². The van der Waals surface area contributed by atoms with Gasteiger partial charge in [0.2, 0.25) is 0 Å². The first kappa shape index (κ1) is 12.8. The van der Waals surface area contributed by atoms with Gasteiger partial charge >= 0.3 is 0 Å². The number of hydrogen-bond acceptors (Lipinski definition) is 4. The predicted octanol–water partition coefficient (Wildman–Crippen LogP) is 1.05. The minimum absolute atomic E-state index is 0.0618. The Morgan fingerprint density at radius 1 is 1.30 bits per heavy atom. The van der Waals surface area contributed by atoms with Gasteiger partial charge in [-0.25, -0.2) is 10.4 Å². The number of benzene rings is 1. The van der Waals surface area contributed by atoms with Crippen molar-refractivity contribution in [2.45, 2.75) is 12.5 Å². The lowest BCUT2D eigenvalue weighted by atomic mass is 10.1. The van der Waals surface area contributed by atoms with Crippen LogP contribution in [-0.2, 0) is 20.5 Å². The maximum Gasteiger partial charge on any atom is 0.127 e. The van der Waals surface area contributed by atoms with Gasteiger partial charge in [0.1, 0.15) is 5.82 Å². The van der Waals surface area contributed by atoms with Gasteiger partial charge < -0.3 is 4.57 Å². The smallest absolute Gasteiger partial charge is 0.127 e. The molecule has 0 saturated heterocycles. The first-order chi connectivity index (χ1) is 9.70. The number of hydrazine groups is 1. The minimum Gasteiger partial charge on any atom is -0.337 e. The van der Waals surface area contributed by atoms with Gasteiger partial charge in [-0.1, -0.05) is 18.2 Å². The third-order valence-corrected chi connectivity index (χ3v) is 3.60. The van der Waals surface area contributed by atoms with Gasteiger partial charge in [0.15, 0.2) is 0 Å². The van der Waals surface area contributed by atoms with E-state index in [0.717, 1.165) is 22.4 Å². The van der Waals surface area contributed by atoms with Crippen LogP contribution >= 0.6 is 0 Å². The van der Waals surface area contributed by atoms with Crippen LogP contribution in [0.3, 0.4) is 0 Å². The third kappa shape index (κ3) is 2.09. The molecule has 3 N–H and O–H groups in total. The number of aryl methyl sites for hydroxylation is 2. The number of para-hydroxylation sites is 1. The standard InChI is InChI=1S/C14H18N6/c1-19-8-7-16-14(19)12(17-15)9-11-10-5-3-4-6-13(10)20(2)18-11/h3-8,12,17H,9,15H2,1-2H3. The first-order valence-electron chi connectivity index (χ1n) is 6.54. The summed E-state index contributed by atoms with van der Waals surface area (Å²) in [5, 5.41) is 5.76. The van der Waals surface area contributed by atoms with Gasteiger partial charge in [-0.05, 0) is 6.07 Å². The molecule has 0 spiro atoms. The summed E-state index contributed by atoms with van der Waals surface area (Å²) in [6.07, 6.45) is 4.38. The van der Waals surface area contributed by atoms with Crippen molar-refractivity contribution in [3.05, 3.63) is 48.2 Å². The molecule has 0 bridgehead atoms. The molecular formula is C14H18N6. The number of rotatable bonds is 4. The van der Waals surface area contributed by atoms with Crippen LogP contribution in [0.4, 0.5) is 0 Å². The Hall–Kier alpha value is -2.18. The molecule has 6 nitrogen and oxygen atoms in total. The largest absolute Gasteiger partial charge is 0.337 e. The van der Waals surface area contributed by atoms with Crippen LogP contribution in [0.25, 0.3) is 10.9 Å². The van der Waals surface area contributed by atoms with Gasteiger partial charge in [-0.15, -0.1) is 0 Å². The Morgan fingerprint density at radius 3 is 2.80 bits per heavy atom. The number of nitrogens with one attached hydrogen (secondary N) is 1. The van der Waals surface area contributed by atoms with Crippen molar-refractivity contribution in [2.75, 3.05) is 0 Å². The quantitative estimate of drug-likeness (QED) is 0.549. The molecule has 2 heterocycles. The Bertz CT molecular complexity index is 726. The molecule has 0 radical (unpaired) electrons. The second kappa shape index (κ2) is 5.07. The lowest BCUT2D eigenvalue weighted by molar-refractivity contribution is 0.501. The maximum absolute atomic E-state index is 5.69. The zero-order valence-electron chi connectivity index (χ0n) is 11.6. The van der Waals surface area contributed by atoms with Crippen molar-refractivity contribution in [3.8, 4) is 0 Å². The molecule has 6 heteroatoms. The molecule has 1 unspecified atom stereocenters. The summed E-state index contributed by atoms with van der Waals surface area (Å²) < 4.78 is 3.87. The van der Waals surface area contributed by atoms with Gasteiger partial charge in [-0.3, -0.25) is 10.5 Å². The normalized spacial score (nSPS) is 12.9. The van der Waals surface area contributed by atoms with Crippen LogP contribution in [0.5, 0.6) is 0 Å². The monoisotopic (exact) mass is 270 g/mol. The van der Waals surface area contributed by atoms with E-state index in [9.17, 15) is 0 Å². The minimum atomic E-state index is -0.0618. The van der Waals surface area contributed by atoms with E-state index in [4.69, 9.17) is 5.84 Å². The summed E-state index contributed by atoms with van der Waals surface area (Å²) in [6.45, 7) is 0. The highest BCUT2D eigenvalue weighted by Crippen LogP contribution is 2.22. The van der Waals surface area contributed by atoms with Gasteiger partial charge in [0.05, 0.1) is 17.3 Å². The molecule has 0 fully saturated rings. The summed E-state index contributed by atoms with van der Waals surface area (Å²) >= 11 is 0. The van der Waals surface area contributed by atoms with Crippen molar-refractivity contribution in [2.24, 2.45) is 19.9 Å². The highest BCUT2D eigenvalue weighted by molar-refractivity contribution is 5.81. The van der Waals surface area contributed by atoms with Gasteiger partial charge in [0.25, 0.3) is 0 Å². The molecule has 1 aromatic carbocycles. The summed E-state index contributed by atoms with van der Waals surface area (Å²) in [5.41, 5.74) is 4.98. The Kier molecular flexibility index (Phi) is 3.25. The summed E-state index contributed by atoms with van der Waals surface area (Å²) in [7, 11) is 3.92. The molecule has 0 amide bonds. The molecule has 104 valence electrons. The number of fused-ring (bicyclic) bond motifs is 1. The van der Waals surface area contributed by atoms with Crippen molar-refractivity contribution >= 4 is 10.9 Å². The lowest BCUT2D eigenvalue weighted by Gasteiger charge is -2.14. The molecule has 3 aromatic rings. The summed E-state index contributed by atoms with van der Waals surface area (Å²) in [6, 6.07) is 8.14. The van der Waals surface area contributed by atoms with Crippen molar-refractivity contribution in [3.63, 3.8) is 0 Å². The fourth-order valence-corrected chi connectivity index (χ4v) is 2.57. The van der Waals surface area contributed by atoms with Crippen LogP contribution in [0, 0.1) is 0 Å². The molecule has 0 aliphatic heterocycles. The van der Waals surface area contributed by atoms with E-state index >= 15 is 0 Å². The van der Waals surface area contributed by atoms with E-state index < -0.39 is 0 Å². The third-order valence-electron chi connectivity index (χ3n) is 3.60. The topological polar surface area (TPSA) is 73.7 Å². The van der Waals surface area contributed by atoms with Gasteiger partial charge in [-0.2, -0.15) is 5.10 Å². The van der Waals surface area contributed by atoms with Crippen LogP contribution in [0.15, 0.2) is 36.7 Å².